The Labute approximate surface area is 111 Å². The molecule has 0 heterocycles. The molecule has 1 aromatic rings. The van der Waals surface area contributed by atoms with Crippen molar-refractivity contribution < 1.29 is 8.23 Å². The maximum atomic E-state index is 6.12. The lowest BCUT2D eigenvalue weighted by Crippen LogP contribution is -2.39. The van der Waals surface area contributed by atoms with E-state index in [1.165, 1.54) is 24.4 Å². The maximum absolute atomic E-state index is 6.12. The zero-order valence-corrected chi connectivity index (χ0v) is 15.6. The summed E-state index contributed by atoms with van der Waals surface area (Å²) in [5.41, 5.74) is 1.43. The molecular formula is C12H24O2Si3. The van der Waals surface area contributed by atoms with Crippen molar-refractivity contribution in [2.75, 3.05) is 0 Å². The molecule has 0 aromatic heterocycles. The van der Waals surface area contributed by atoms with Crippen molar-refractivity contribution in [2.45, 2.75) is 38.5 Å². The predicted octanol–water partition coefficient (Wildman–Crippen LogP) is 1.99. The fourth-order valence-electron chi connectivity index (χ4n) is 1.83. The normalized spacial score (nSPS) is 13.8. The molecule has 0 fully saturated rings. The molecule has 1 rings (SSSR count). The van der Waals surface area contributed by atoms with Crippen molar-refractivity contribution in [3.05, 3.63) is 35.9 Å². The highest BCUT2D eigenvalue weighted by atomic mass is 28.4. The molecule has 1 atom stereocenters. The Bertz CT molecular complexity index is 317. The van der Waals surface area contributed by atoms with Gasteiger partial charge in [-0.1, -0.05) is 30.3 Å². The second-order valence-corrected chi connectivity index (χ2v) is 12.5. The molecule has 96 valence electrons. The Hall–Kier alpha value is -0.209. The van der Waals surface area contributed by atoms with Gasteiger partial charge in [0.15, 0.2) is 9.04 Å². The summed E-state index contributed by atoms with van der Waals surface area (Å²) in [5, 5.41) is 0. The lowest BCUT2D eigenvalue weighted by Gasteiger charge is -2.25. The highest BCUT2D eigenvalue weighted by molar-refractivity contribution is 6.75. The average Bonchev–Trinajstić information content (AvgIpc) is 2.30. The lowest BCUT2D eigenvalue weighted by atomic mass is 10.1. The topological polar surface area (TPSA) is 18.5 Å². The van der Waals surface area contributed by atoms with Gasteiger partial charge in [0.25, 0.3) is 0 Å². The fourth-order valence-corrected chi connectivity index (χ4v) is 8.21. The van der Waals surface area contributed by atoms with E-state index in [-0.39, 0.29) is 0 Å². The first kappa shape index (κ1) is 14.9. The van der Waals surface area contributed by atoms with E-state index in [1.54, 1.807) is 0 Å². The summed E-state index contributed by atoms with van der Waals surface area (Å²) < 4.78 is 11.7. The molecule has 0 bridgehead atoms. The summed E-state index contributed by atoms with van der Waals surface area (Å²) in [7, 11) is -1.98. The van der Waals surface area contributed by atoms with Gasteiger partial charge in [-0.3, -0.25) is 0 Å². The molecule has 0 aliphatic heterocycles. The number of hydrogen-bond acceptors (Lipinski definition) is 2. The first-order valence-electron chi connectivity index (χ1n) is 6.30. The summed E-state index contributed by atoms with van der Waals surface area (Å²) in [4.78, 5) is 0. The van der Waals surface area contributed by atoms with E-state index in [4.69, 9.17) is 8.23 Å². The monoisotopic (exact) mass is 284 g/mol. The summed E-state index contributed by atoms with van der Waals surface area (Å²) in [5.74, 6) is 0. The van der Waals surface area contributed by atoms with Crippen molar-refractivity contribution in [3.63, 3.8) is 0 Å². The van der Waals surface area contributed by atoms with Crippen molar-refractivity contribution in [3.8, 4) is 0 Å². The Kier molecular flexibility index (Phi) is 6.36. The summed E-state index contributed by atoms with van der Waals surface area (Å²) in [6.45, 7) is 6.60. The van der Waals surface area contributed by atoms with Gasteiger partial charge in [-0.05, 0) is 44.1 Å². The van der Waals surface area contributed by atoms with E-state index >= 15 is 0 Å². The van der Waals surface area contributed by atoms with Crippen molar-refractivity contribution in [1.29, 1.82) is 0 Å². The minimum Gasteiger partial charge on any atom is -0.445 e. The van der Waals surface area contributed by atoms with Crippen molar-refractivity contribution in [1.82, 2.24) is 0 Å². The van der Waals surface area contributed by atoms with Crippen LogP contribution >= 0.6 is 0 Å². The van der Waals surface area contributed by atoms with Crippen molar-refractivity contribution in [2.24, 2.45) is 0 Å². The third-order valence-corrected chi connectivity index (χ3v) is 11.9. The largest absolute Gasteiger partial charge is 0.445 e. The standard InChI is InChI=1S/C12H24O2Si3/c1-16(14-17(2,3)13-15)11-7-10-12-8-5-4-6-9-12/h4-6,8-9,16H,7,10-11H2,1-3,15H3. The summed E-state index contributed by atoms with van der Waals surface area (Å²) in [6, 6.07) is 11.9. The van der Waals surface area contributed by atoms with Gasteiger partial charge in [-0.25, -0.2) is 0 Å². The molecule has 0 saturated carbocycles. The molecule has 5 heteroatoms. The summed E-state index contributed by atoms with van der Waals surface area (Å²) in [6.07, 6.45) is 2.41. The third kappa shape index (κ3) is 6.32. The molecule has 0 spiro atoms. The zero-order valence-electron chi connectivity index (χ0n) is 11.4. The molecule has 1 aromatic carbocycles. The number of aryl methyl sites for hydroxylation is 1. The van der Waals surface area contributed by atoms with Gasteiger partial charge in [-0.2, -0.15) is 0 Å². The van der Waals surface area contributed by atoms with Gasteiger partial charge in [0.2, 0.25) is 0 Å². The lowest BCUT2D eigenvalue weighted by molar-refractivity contribution is 0.425. The number of hydrogen-bond donors (Lipinski definition) is 0. The van der Waals surface area contributed by atoms with E-state index in [0.717, 1.165) is 10.5 Å². The smallest absolute Gasteiger partial charge is 0.310 e. The van der Waals surface area contributed by atoms with Crippen LogP contribution in [0.5, 0.6) is 0 Å². The molecule has 0 amide bonds. The molecule has 2 nitrogen and oxygen atoms in total. The number of rotatable bonds is 7. The van der Waals surface area contributed by atoms with E-state index in [0.29, 0.717) is 0 Å². The fraction of sp³-hybridized carbons (Fsp3) is 0.500. The molecule has 0 radical (unpaired) electrons. The third-order valence-electron chi connectivity index (χ3n) is 2.90. The molecular weight excluding hydrogens is 260 g/mol. The van der Waals surface area contributed by atoms with Gasteiger partial charge < -0.3 is 8.23 Å². The quantitative estimate of drug-likeness (QED) is 0.713. The molecule has 0 aliphatic carbocycles. The zero-order chi connectivity index (χ0) is 12.7. The van der Waals surface area contributed by atoms with Crippen LogP contribution in [-0.4, -0.2) is 28.1 Å². The molecule has 17 heavy (non-hydrogen) atoms. The van der Waals surface area contributed by atoms with Crippen LogP contribution in [0.2, 0.25) is 25.7 Å². The molecule has 0 N–H and O–H groups in total. The van der Waals surface area contributed by atoms with Crippen LogP contribution in [-0.2, 0) is 14.7 Å². The van der Waals surface area contributed by atoms with Crippen LogP contribution in [0.15, 0.2) is 30.3 Å². The molecule has 0 saturated heterocycles. The Morgan fingerprint density at radius 1 is 1.24 bits per heavy atom. The first-order chi connectivity index (χ1) is 8.03. The van der Waals surface area contributed by atoms with Gasteiger partial charge >= 0.3 is 8.56 Å². The van der Waals surface area contributed by atoms with Crippen LogP contribution in [0.3, 0.4) is 0 Å². The highest BCUT2D eigenvalue weighted by Gasteiger charge is 2.24. The maximum Gasteiger partial charge on any atom is 0.310 e. The van der Waals surface area contributed by atoms with E-state index < -0.39 is 17.6 Å². The van der Waals surface area contributed by atoms with Crippen LogP contribution < -0.4 is 0 Å². The molecule has 1 unspecified atom stereocenters. The minimum atomic E-state index is -1.75. The molecule has 0 aliphatic rings. The second kappa shape index (κ2) is 7.28. The second-order valence-electron chi connectivity index (χ2n) is 4.91. The Morgan fingerprint density at radius 3 is 2.47 bits per heavy atom. The number of benzene rings is 1. The van der Waals surface area contributed by atoms with Crippen LogP contribution in [0.4, 0.5) is 0 Å². The van der Waals surface area contributed by atoms with E-state index in [9.17, 15) is 0 Å². The van der Waals surface area contributed by atoms with Crippen LogP contribution in [0.25, 0.3) is 0 Å². The minimum absolute atomic E-state index is 0.797. The summed E-state index contributed by atoms with van der Waals surface area (Å²) >= 11 is 0. The Morgan fingerprint density at radius 2 is 1.88 bits per heavy atom. The van der Waals surface area contributed by atoms with Gasteiger partial charge in [0.05, 0.1) is 0 Å². The predicted molar refractivity (Wildman–Crippen MR) is 82.2 cm³/mol. The highest BCUT2D eigenvalue weighted by Crippen LogP contribution is 2.12. The van der Waals surface area contributed by atoms with Crippen LogP contribution in [0.1, 0.15) is 12.0 Å². The van der Waals surface area contributed by atoms with Gasteiger partial charge in [-0.15, -0.1) is 0 Å². The van der Waals surface area contributed by atoms with E-state index in [1.807, 2.05) is 0 Å². The Balaban J connectivity index is 2.23. The SMILES string of the molecule is C[SiH](CCCc1ccccc1)O[Si](C)(C)O[SiH3]. The van der Waals surface area contributed by atoms with Gasteiger partial charge in [0.1, 0.15) is 10.5 Å². The van der Waals surface area contributed by atoms with E-state index in [2.05, 4.69) is 50.0 Å². The average molecular weight is 285 g/mol. The van der Waals surface area contributed by atoms with Gasteiger partial charge in [0, 0.05) is 0 Å². The van der Waals surface area contributed by atoms with Crippen LogP contribution in [0, 0.1) is 0 Å². The first-order valence-corrected chi connectivity index (χ1v) is 12.4. The van der Waals surface area contributed by atoms with Crippen molar-refractivity contribution >= 4 is 28.1 Å².